The SMILES string of the molecule is Cl.Cl.NC1(C(=O)N2CCn3c(nnc3-c3ccccc3)C2)CC1. The highest BCUT2D eigenvalue weighted by atomic mass is 35.5. The maximum absolute atomic E-state index is 12.3. The Balaban J connectivity index is 0.000000960. The molecule has 23 heavy (non-hydrogen) atoms. The number of halogens is 2. The van der Waals surface area contributed by atoms with Crippen LogP contribution in [-0.4, -0.2) is 37.7 Å². The smallest absolute Gasteiger partial charge is 0.243 e. The first-order valence-corrected chi connectivity index (χ1v) is 7.23. The van der Waals surface area contributed by atoms with Gasteiger partial charge in [-0.2, -0.15) is 0 Å². The molecule has 0 bridgehead atoms. The summed E-state index contributed by atoms with van der Waals surface area (Å²) in [5.41, 5.74) is 6.45. The van der Waals surface area contributed by atoms with Gasteiger partial charge in [-0.3, -0.25) is 4.79 Å². The Kier molecular flexibility index (Phi) is 4.98. The van der Waals surface area contributed by atoms with Gasteiger partial charge in [-0.05, 0) is 12.8 Å². The average molecular weight is 356 g/mol. The van der Waals surface area contributed by atoms with Crippen molar-refractivity contribution in [2.75, 3.05) is 6.54 Å². The molecule has 4 rings (SSSR count). The van der Waals surface area contributed by atoms with Crippen molar-refractivity contribution in [2.45, 2.75) is 31.5 Å². The number of carbonyl (C=O) groups is 1. The molecule has 2 aromatic rings. The van der Waals surface area contributed by atoms with Crippen LogP contribution in [0, 0.1) is 0 Å². The molecule has 2 aliphatic rings. The van der Waals surface area contributed by atoms with Gasteiger partial charge in [0.1, 0.15) is 0 Å². The van der Waals surface area contributed by atoms with E-state index in [1.54, 1.807) is 0 Å². The predicted octanol–water partition coefficient (Wildman–Crippen LogP) is 1.62. The molecule has 124 valence electrons. The summed E-state index contributed by atoms with van der Waals surface area (Å²) in [5.74, 6) is 1.75. The minimum Gasteiger partial charge on any atom is -0.332 e. The molecule has 6 nitrogen and oxygen atoms in total. The van der Waals surface area contributed by atoms with E-state index in [2.05, 4.69) is 14.8 Å². The van der Waals surface area contributed by atoms with E-state index < -0.39 is 5.54 Å². The van der Waals surface area contributed by atoms with Crippen LogP contribution in [0.25, 0.3) is 11.4 Å². The summed E-state index contributed by atoms with van der Waals surface area (Å²) in [5, 5.41) is 8.53. The monoisotopic (exact) mass is 355 g/mol. The first-order valence-electron chi connectivity index (χ1n) is 7.23. The molecule has 0 atom stereocenters. The summed E-state index contributed by atoms with van der Waals surface area (Å²) in [6, 6.07) is 10.00. The molecule has 0 unspecified atom stereocenters. The second kappa shape index (κ2) is 6.47. The fourth-order valence-corrected chi connectivity index (χ4v) is 2.80. The highest BCUT2D eigenvalue weighted by Gasteiger charge is 2.48. The summed E-state index contributed by atoms with van der Waals surface area (Å²) < 4.78 is 2.09. The maximum Gasteiger partial charge on any atom is 0.243 e. The van der Waals surface area contributed by atoms with Crippen LogP contribution in [0.5, 0.6) is 0 Å². The summed E-state index contributed by atoms with van der Waals surface area (Å²) in [6.07, 6.45) is 1.59. The molecule has 1 aromatic heterocycles. The van der Waals surface area contributed by atoms with Gasteiger partial charge >= 0.3 is 0 Å². The topological polar surface area (TPSA) is 77.0 Å². The third kappa shape index (κ3) is 3.06. The van der Waals surface area contributed by atoms with E-state index >= 15 is 0 Å². The highest BCUT2D eigenvalue weighted by Crippen LogP contribution is 2.35. The van der Waals surface area contributed by atoms with Gasteiger partial charge in [0.25, 0.3) is 0 Å². The molecule has 8 heteroatoms. The highest BCUT2D eigenvalue weighted by molar-refractivity contribution is 5.89. The number of fused-ring (bicyclic) bond motifs is 1. The standard InChI is InChI=1S/C15H17N5O.2ClH/c16-15(6-7-15)14(21)19-8-9-20-12(10-19)17-18-13(20)11-4-2-1-3-5-11;;/h1-5H,6-10,16H2;2*1H. The quantitative estimate of drug-likeness (QED) is 0.887. The Morgan fingerprint density at radius 3 is 2.43 bits per heavy atom. The van der Waals surface area contributed by atoms with Crippen molar-refractivity contribution < 1.29 is 4.79 Å². The van der Waals surface area contributed by atoms with Crippen LogP contribution in [0.2, 0.25) is 0 Å². The maximum atomic E-state index is 12.3. The van der Waals surface area contributed by atoms with Crippen molar-refractivity contribution >= 4 is 30.7 Å². The fraction of sp³-hybridized carbons (Fsp3) is 0.400. The fourth-order valence-electron chi connectivity index (χ4n) is 2.80. The predicted molar refractivity (Wildman–Crippen MR) is 91.5 cm³/mol. The van der Waals surface area contributed by atoms with Crippen LogP contribution in [0.1, 0.15) is 18.7 Å². The van der Waals surface area contributed by atoms with Crippen molar-refractivity contribution in [3.05, 3.63) is 36.2 Å². The van der Waals surface area contributed by atoms with Gasteiger partial charge < -0.3 is 15.2 Å². The molecule has 0 radical (unpaired) electrons. The largest absolute Gasteiger partial charge is 0.332 e. The first-order chi connectivity index (χ1) is 10.2. The lowest BCUT2D eigenvalue weighted by Crippen LogP contribution is -2.48. The normalized spacial score (nSPS) is 17.5. The molecule has 2 heterocycles. The lowest BCUT2D eigenvalue weighted by Gasteiger charge is -2.29. The lowest BCUT2D eigenvalue weighted by atomic mass is 10.2. The van der Waals surface area contributed by atoms with Crippen molar-refractivity contribution in [3.8, 4) is 11.4 Å². The van der Waals surface area contributed by atoms with Crippen LogP contribution in [0.3, 0.4) is 0 Å². The second-order valence-electron chi connectivity index (χ2n) is 5.84. The molecule has 1 aliphatic carbocycles. The summed E-state index contributed by atoms with van der Waals surface area (Å²) in [4.78, 5) is 14.1. The van der Waals surface area contributed by atoms with Crippen LogP contribution < -0.4 is 5.73 Å². The van der Waals surface area contributed by atoms with Gasteiger partial charge in [0.2, 0.25) is 5.91 Å². The molecule has 0 saturated heterocycles. The van der Waals surface area contributed by atoms with E-state index in [1.807, 2.05) is 35.2 Å². The summed E-state index contributed by atoms with van der Waals surface area (Å²) in [7, 11) is 0. The van der Waals surface area contributed by atoms with Crippen LogP contribution in [-0.2, 0) is 17.9 Å². The molecule has 1 saturated carbocycles. The third-order valence-electron chi connectivity index (χ3n) is 4.29. The van der Waals surface area contributed by atoms with Gasteiger partial charge in [0, 0.05) is 18.7 Å². The number of hydrogen-bond donors (Lipinski definition) is 1. The summed E-state index contributed by atoms with van der Waals surface area (Å²) >= 11 is 0. The Bertz CT molecular complexity index is 699. The Labute approximate surface area is 146 Å². The molecule has 1 fully saturated rings. The zero-order valence-electron chi connectivity index (χ0n) is 12.5. The molecular weight excluding hydrogens is 337 g/mol. The first kappa shape index (κ1) is 17.7. The van der Waals surface area contributed by atoms with Crippen molar-refractivity contribution in [2.24, 2.45) is 5.73 Å². The number of aromatic nitrogens is 3. The molecule has 1 aliphatic heterocycles. The minimum absolute atomic E-state index is 0. The van der Waals surface area contributed by atoms with Gasteiger partial charge in [-0.25, -0.2) is 0 Å². The number of hydrogen-bond acceptors (Lipinski definition) is 4. The zero-order valence-corrected chi connectivity index (χ0v) is 14.1. The van der Waals surface area contributed by atoms with Gasteiger partial charge in [-0.15, -0.1) is 35.0 Å². The lowest BCUT2D eigenvalue weighted by molar-refractivity contribution is -0.135. The Morgan fingerprint density at radius 1 is 1.09 bits per heavy atom. The van der Waals surface area contributed by atoms with Crippen molar-refractivity contribution in [1.82, 2.24) is 19.7 Å². The second-order valence-corrected chi connectivity index (χ2v) is 5.84. The van der Waals surface area contributed by atoms with Crippen molar-refractivity contribution in [1.29, 1.82) is 0 Å². The van der Waals surface area contributed by atoms with E-state index in [1.165, 1.54) is 0 Å². The van der Waals surface area contributed by atoms with Crippen LogP contribution >= 0.6 is 24.8 Å². The van der Waals surface area contributed by atoms with Gasteiger partial charge in [-0.1, -0.05) is 30.3 Å². The van der Waals surface area contributed by atoms with Crippen LogP contribution in [0.15, 0.2) is 30.3 Å². The molecule has 1 aromatic carbocycles. The van der Waals surface area contributed by atoms with Crippen LogP contribution in [0.4, 0.5) is 0 Å². The molecule has 2 N–H and O–H groups in total. The number of carbonyl (C=O) groups excluding carboxylic acids is 1. The number of benzene rings is 1. The van der Waals surface area contributed by atoms with Crippen molar-refractivity contribution in [3.63, 3.8) is 0 Å². The molecule has 0 spiro atoms. The van der Waals surface area contributed by atoms with E-state index in [0.29, 0.717) is 19.6 Å². The van der Waals surface area contributed by atoms with Gasteiger partial charge in [0.05, 0.1) is 12.1 Å². The zero-order chi connectivity index (χ0) is 14.4. The van der Waals surface area contributed by atoms with E-state index in [9.17, 15) is 4.79 Å². The molecular formula is C15H19Cl2N5O. The number of nitrogens with two attached hydrogens (primary N) is 1. The number of nitrogens with zero attached hydrogens (tertiary/aromatic N) is 4. The number of amides is 1. The Hall–Kier alpha value is -1.63. The Morgan fingerprint density at radius 2 is 1.78 bits per heavy atom. The van der Waals surface area contributed by atoms with Gasteiger partial charge in [0.15, 0.2) is 11.6 Å². The minimum atomic E-state index is -0.607. The number of rotatable bonds is 2. The van der Waals surface area contributed by atoms with E-state index in [4.69, 9.17) is 5.73 Å². The average Bonchev–Trinajstić information content (AvgIpc) is 3.14. The van der Waals surface area contributed by atoms with E-state index in [-0.39, 0.29) is 30.7 Å². The molecule has 1 amide bonds. The van der Waals surface area contributed by atoms with E-state index in [0.717, 1.165) is 30.1 Å². The third-order valence-corrected chi connectivity index (χ3v) is 4.29. The summed E-state index contributed by atoms with van der Waals surface area (Å²) in [6.45, 7) is 1.88.